The summed E-state index contributed by atoms with van der Waals surface area (Å²) in [7, 11) is 0. The van der Waals surface area contributed by atoms with Gasteiger partial charge in [0.1, 0.15) is 5.70 Å². The molecule has 3 N–H and O–H groups in total. The molecule has 2 aromatic rings. The smallest absolute Gasteiger partial charge is 0.270 e. The Labute approximate surface area is 178 Å². The highest BCUT2D eigenvalue weighted by molar-refractivity contribution is 6.01. The van der Waals surface area contributed by atoms with Crippen molar-refractivity contribution in [2.75, 3.05) is 26.2 Å². The highest BCUT2D eigenvalue weighted by Crippen LogP contribution is 2.13. The molecule has 2 aromatic carbocycles. The number of nitrogens with two attached hydrogens (primary N) is 1. The van der Waals surface area contributed by atoms with Crippen molar-refractivity contribution in [1.29, 1.82) is 0 Å². The minimum atomic E-state index is -0.170. The van der Waals surface area contributed by atoms with Crippen LogP contribution < -0.4 is 11.1 Å². The number of hydrogen-bond donors (Lipinski definition) is 2. The first-order chi connectivity index (χ1) is 14.6. The van der Waals surface area contributed by atoms with Crippen molar-refractivity contribution in [3.63, 3.8) is 0 Å². The van der Waals surface area contributed by atoms with Gasteiger partial charge in [0.15, 0.2) is 0 Å². The average molecular weight is 407 g/mol. The number of amides is 2. The standard InChI is InChI=1S/C24H30N4O2/c1-2-23(29)26-22(16-19-8-10-20(17-25)11-9-19)24(30)28-14-12-27(13-15-28)18-21-6-4-3-5-7-21/h3-11,16H,2,12-15,17-18,25H2,1H3,(H,26,29)/b22-16+. The van der Waals surface area contributed by atoms with E-state index in [1.807, 2.05) is 47.4 Å². The van der Waals surface area contributed by atoms with Crippen molar-refractivity contribution in [2.45, 2.75) is 26.4 Å². The lowest BCUT2D eigenvalue weighted by molar-refractivity contribution is -0.131. The van der Waals surface area contributed by atoms with Gasteiger partial charge in [0.25, 0.3) is 5.91 Å². The first-order valence-corrected chi connectivity index (χ1v) is 10.4. The molecule has 0 aromatic heterocycles. The molecule has 0 bridgehead atoms. The molecule has 0 unspecified atom stereocenters. The summed E-state index contributed by atoms with van der Waals surface area (Å²) in [6.07, 6.45) is 2.06. The van der Waals surface area contributed by atoms with Crippen molar-refractivity contribution in [1.82, 2.24) is 15.1 Å². The lowest BCUT2D eigenvalue weighted by Gasteiger charge is -2.35. The van der Waals surface area contributed by atoms with Crippen LogP contribution in [-0.2, 0) is 22.7 Å². The number of rotatable bonds is 7. The lowest BCUT2D eigenvalue weighted by Crippen LogP contribution is -2.50. The van der Waals surface area contributed by atoms with Gasteiger partial charge in [-0.25, -0.2) is 0 Å². The minimum absolute atomic E-state index is 0.140. The molecule has 0 saturated carbocycles. The third-order valence-electron chi connectivity index (χ3n) is 5.26. The summed E-state index contributed by atoms with van der Waals surface area (Å²) >= 11 is 0. The van der Waals surface area contributed by atoms with Gasteiger partial charge in [-0.3, -0.25) is 14.5 Å². The predicted molar refractivity (Wildman–Crippen MR) is 119 cm³/mol. The van der Waals surface area contributed by atoms with Crippen molar-refractivity contribution < 1.29 is 9.59 Å². The first-order valence-electron chi connectivity index (χ1n) is 10.4. The summed E-state index contributed by atoms with van der Waals surface area (Å²) in [6, 6.07) is 18.0. The van der Waals surface area contributed by atoms with E-state index in [-0.39, 0.29) is 11.8 Å². The molecule has 30 heavy (non-hydrogen) atoms. The monoisotopic (exact) mass is 406 g/mol. The van der Waals surface area contributed by atoms with Gasteiger partial charge in [0, 0.05) is 45.7 Å². The van der Waals surface area contributed by atoms with Crippen molar-refractivity contribution in [2.24, 2.45) is 5.73 Å². The van der Waals surface area contributed by atoms with Crippen molar-refractivity contribution in [3.05, 3.63) is 77.0 Å². The maximum absolute atomic E-state index is 13.1. The molecule has 6 heteroatoms. The Morgan fingerprint density at radius 2 is 1.63 bits per heavy atom. The van der Waals surface area contributed by atoms with Crippen LogP contribution in [0.3, 0.4) is 0 Å². The summed E-state index contributed by atoms with van der Waals surface area (Å²) in [6.45, 7) is 6.01. The molecule has 1 aliphatic rings. The summed E-state index contributed by atoms with van der Waals surface area (Å²) in [5, 5.41) is 2.78. The fraction of sp³-hybridized carbons (Fsp3) is 0.333. The molecular weight excluding hydrogens is 376 g/mol. The van der Waals surface area contributed by atoms with E-state index in [0.717, 1.165) is 30.8 Å². The van der Waals surface area contributed by atoms with Gasteiger partial charge in [0.05, 0.1) is 0 Å². The van der Waals surface area contributed by atoms with Crippen LogP contribution in [0, 0.1) is 0 Å². The molecule has 2 amide bonds. The zero-order chi connectivity index (χ0) is 21.3. The van der Waals surface area contributed by atoms with E-state index in [1.54, 1.807) is 13.0 Å². The number of carbonyl (C=O) groups excluding carboxylic acids is 2. The molecular formula is C24H30N4O2. The largest absolute Gasteiger partial charge is 0.335 e. The van der Waals surface area contributed by atoms with Crippen LogP contribution in [0.5, 0.6) is 0 Å². The number of nitrogens with zero attached hydrogens (tertiary/aromatic N) is 2. The number of carbonyl (C=O) groups is 2. The zero-order valence-corrected chi connectivity index (χ0v) is 17.5. The lowest BCUT2D eigenvalue weighted by atomic mass is 10.1. The minimum Gasteiger partial charge on any atom is -0.335 e. The van der Waals surface area contributed by atoms with Crippen LogP contribution in [-0.4, -0.2) is 47.8 Å². The molecule has 3 rings (SSSR count). The molecule has 0 radical (unpaired) electrons. The maximum Gasteiger partial charge on any atom is 0.270 e. The first kappa shape index (κ1) is 21.7. The molecule has 6 nitrogen and oxygen atoms in total. The summed E-state index contributed by atoms with van der Waals surface area (Å²) < 4.78 is 0. The van der Waals surface area contributed by atoms with Gasteiger partial charge in [-0.15, -0.1) is 0 Å². The van der Waals surface area contributed by atoms with Crippen molar-refractivity contribution in [3.8, 4) is 0 Å². The molecule has 1 heterocycles. The molecule has 158 valence electrons. The van der Waals surface area contributed by atoms with E-state index in [0.29, 0.717) is 31.8 Å². The molecule has 0 atom stereocenters. The van der Waals surface area contributed by atoms with E-state index in [1.165, 1.54) is 5.56 Å². The third kappa shape index (κ3) is 6.02. The van der Waals surface area contributed by atoms with Gasteiger partial charge in [-0.05, 0) is 22.8 Å². The SMILES string of the molecule is CCC(=O)N/C(=C/c1ccc(CN)cc1)C(=O)N1CCN(Cc2ccccc2)CC1. The molecule has 1 fully saturated rings. The Hall–Kier alpha value is -2.96. The average Bonchev–Trinajstić information content (AvgIpc) is 2.79. The summed E-state index contributed by atoms with van der Waals surface area (Å²) in [5.74, 6) is -0.310. The zero-order valence-electron chi connectivity index (χ0n) is 17.5. The Morgan fingerprint density at radius 1 is 0.967 bits per heavy atom. The van der Waals surface area contributed by atoms with Gasteiger partial charge in [-0.1, -0.05) is 61.5 Å². The van der Waals surface area contributed by atoms with E-state index in [2.05, 4.69) is 22.3 Å². The fourth-order valence-electron chi connectivity index (χ4n) is 3.43. The van der Waals surface area contributed by atoms with Crippen LogP contribution in [0.15, 0.2) is 60.3 Å². The molecule has 0 spiro atoms. The summed E-state index contributed by atoms with van der Waals surface area (Å²) in [5.41, 5.74) is 9.12. The maximum atomic E-state index is 13.1. The Balaban J connectivity index is 1.67. The van der Waals surface area contributed by atoms with E-state index in [4.69, 9.17) is 5.73 Å². The number of piperazine rings is 1. The second-order valence-electron chi connectivity index (χ2n) is 7.46. The molecule has 0 aliphatic carbocycles. The molecule has 1 saturated heterocycles. The highest BCUT2D eigenvalue weighted by Gasteiger charge is 2.24. The predicted octanol–water partition coefficient (Wildman–Crippen LogP) is 2.36. The Bertz CT molecular complexity index is 870. The number of nitrogens with one attached hydrogen (secondary N) is 1. The van der Waals surface area contributed by atoms with Crippen LogP contribution in [0.2, 0.25) is 0 Å². The molecule has 1 aliphatic heterocycles. The fourth-order valence-corrected chi connectivity index (χ4v) is 3.43. The van der Waals surface area contributed by atoms with E-state index < -0.39 is 0 Å². The second kappa shape index (κ2) is 10.7. The highest BCUT2D eigenvalue weighted by atomic mass is 16.2. The Kier molecular flexibility index (Phi) is 7.76. The van der Waals surface area contributed by atoms with E-state index in [9.17, 15) is 9.59 Å². The van der Waals surface area contributed by atoms with Crippen LogP contribution in [0.1, 0.15) is 30.0 Å². The van der Waals surface area contributed by atoms with Gasteiger partial charge >= 0.3 is 0 Å². The van der Waals surface area contributed by atoms with Crippen LogP contribution in [0.25, 0.3) is 6.08 Å². The van der Waals surface area contributed by atoms with Crippen LogP contribution in [0.4, 0.5) is 0 Å². The number of benzene rings is 2. The summed E-state index contributed by atoms with van der Waals surface area (Å²) in [4.78, 5) is 29.3. The second-order valence-corrected chi connectivity index (χ2v) is 7.46. The van der Waals surface area contributed by atoms with E-state index >= 15 is 0 Å². The van der Waals surface area contributed by atoms with Gasteiger partial charge in [-0.2, -0.15) is 0 Å². The normalized spacial score (nSPS) is 15.1. The van der Waals surface area contributed by atoms with Crippen molar-refractivity contribution >= 4 is 17.9 Å². The quantitative estimate of drug-likeness (QED) is 0.692. The third-order valence-corrected chi connectivity index (χ3v) is 5.26. The van der Waals surface area contributed by atoms with Gasteiger partial charge in [0.2, 0.25) is 5.91 Å². The Morgan fingerprint density at radius 3 is 2.23 bits per heavy atom. The topological polar surface area (TPSA) is 78.7 Å². The van der Waals surface area contributed by atoms with Crippen LogP contribution >= 0.6 is 0 Å². The van der Waals surface area contributed by atoms with Gasteiger partial charge < -0.3 is 16.0 Å². The number of hydrogen-bond acceptors (Lipinski definition) is 4.